The van der Waals surface area contributed by atoms with E-state index in [0.29, 0.717) is 6.54 Å². The summed E-state index contributed by atoms with van der Waals surface area (Å²) in [6.07, 6.45) is 0. The van der Waals surface area contributed by atoms with E-state index in [1.807, 2.05) is 51.2 Å². The van der Waals surface area contributed by atoms with Crippen LogP contribution in [0.25, 0.3) is 0 Å². The number of aryl methyl sites for hydroxylation is 2. The van der Waals surface area contributed by atoms with Gasteiger partial charge in [-0.25, -0.2) is 0 Å². The number of carbonyl (C=O) groups excluding carboxylic acids is 1. The number of hydrogen-bond acceptors (Lipinski definition) is 3. The molecule has 1 heterocycles. The molecule has 2 N–H and O–H groups in total. The molecule has 5 nitrogen and oxygen atoms in total. The molecule has 1 unspecified atom stereocenters. The van der Waals surface area contributed by atoms with Gasteiger partial charge in [-0.15, -0.1) is 0 Å². The van der Waals surface area contributed by atoms with E-state index in [4.69, 9.17) is 9.47 Å². The van der Waals surface area contributed by atoms with E-state index < -0.39 is 0 Å². The van der Waals surface area contributed by atoms with Crippen LogP contribution in [0.15, 0.2) is 36.4 Å². The van der Waals surface area contributed by atoms with E-state index in [2.05, 4.69) is 11.4 Å². The quantitative estimate of drug-likeness (QED) is 0.879. The molecule has 1 amide bonds. The number of hydrogen-bond donors (Lipinski definition) is 2. The summed E-state index contributed by atoms with van der Waals surface area (Å²) in [6, 6.07) is 11.9. The molecule has 1 aliphatic rings. The average Bonchev–Trinajstić information content (AvgIpc) is 2.97. The van der Waals surface area contributed by atoms with Crippen LogP contribution in [0.3, 0.4) is 0 Å². The molecule has 0 bridgehead atoms. The maximum absolute atomic E-state index is 12.3. The van der Waals surface area contributed by atoms with E-state index in [0.717, 1.165) is 39.8 Å². The SMILES string of the molecule is Cc1ccc(NC(=O)C[NH+](C)Cc2ccc3c(c2)OCO3)c(C)c1. The average molecular weight is 327 g/mol. The van der Waals surface area contributed by atoms with Crippen LogP contribution in [0.4, 0.5) is 5.69 Å². The Morgan fingerprint density at radius 1 is 1.12 bits per heavy atom. The first-order valence-corrected chi connectivity index (χ1v) is 8.08. The lowest BCUT2D eigenvalue weighted by molar-refractivity contribution is -0.885. The van der Waals surface area contributed by atoms with Crippen molar-refractivity contribution in [2.75, 3.05) is 25.7 Å². The minimum absolute atomic E-state index is 0.0141. The van der Waals surface area contributed by atoms with Crippen molar-refractivity contribution in [1.82, 2.24) is 0 Å². The van der Waals surface area contributed by atoms with Crippen LogP contribution >= 0.6 is 0 Å². The second-order valence-corrected chi connectivity index (χ2v) is 6.36. The van der Waals surface area contributed by atoms with Gasteiger partial charge in [0.05, 0.1) is 7.05 Å². The van der Waals surface area contributed by atoms with Crippen molar-refractivity contribution in [2.45, 2.75) is 20.4 Å². The number of nitrogens with one attached hydrogen (secondary N) is 2. The Bertz CT molecular complexity index is 758. The first-order valence-electron chi connectivity index (χ1n) is 8.08. The van der Waals surface area contributed by atoms with Gasteiger partial charge in [0.25, 0.3) is 5.91 Å². The number of rotatable bonds is 5. The van der Waals surface area contributed by atoms with Gasteiger partial charge in [0.2, 0.25) is 6.79 Å². The summed E-state index contributed by atoms with van der Waals surface area (Å²) in [5.41, 5.74) is 4.27. The predicted molar refractivity (Wildman–Crippen MR) is 92.6 cm³/mol. The van der Waals surface area contributed by atoms with Crippen LogP contribution in [0.1, 0.15) is 16.7 Å². The highest BCUT2D eigenvalue weighted by Gasteiger charge is 2.16. The lowest BCUT2D eigenvalue weighted by atomic mass is 10.1. The topological polar surface area (TPSA) is 52.0 Å². The fraction of sp³-hybridized carbons (Fsp3) is 0.316. The van der Waals surface area contributed by atoms with Crippen LogP contribution in [0, 0.1) is 13.8 Å². The maximum atomic E-state index is 12.3. The second-order valence-electron chi connectivity index (χ2n) is 6.36. The van der Waals surface area contributed by atoms with Crippen molar-refractivity contribution >= 4 is 11.6 Å². The number of benzene rings is 2. The van der Waals surface area contributed by atoms with Gasteiger partial charge in [0.15, 0.2) is 18.0 Å². The largest absolute Gasteiger partial charge is 0.454 e. The normalized spacial score (nSPS) is 13.6. The van der Waals surface area contributed by atoms with Crippen molar-refractivity contribution in [3.8, 4) is 11.5 Å². The molecule has 0 radical (unpaired) electrons. The molecule has 1 aliphatic heterocycles. The lowest BCUT2D eigenvalue weighted by Gasteiger charge is -2.15. The molecule has 1 atom stereocenters. The third-order valence-electron chi connectivity index (χ3n) is 4.06. The maximum Gasteiger partial charge on any atom is 0.279 e. The Morgan fingerprint density at radius 2 is 1.92 bits per heavy atom. The Morgan fingerprint density at radius 3 is 2.71 bits per heavy atom. The number of ether oxygens (including phenoxy) is 2. The first kappa shape index (κ1) is 16.3. The molecule has 0 spiro atoms. The number of fused-ring (bicyclic) bond motifs is 1. The zero-order valence-corrected chi connectivity index (χ0v) is 14.3. The zero-order chi connectivity index (χ0) is 17.1. The van der Waals surface area contributed by atoms with Gasteiger partial charge in [0, 0.05) is 11.3 Å². The lowest BCUT2D eigenvalue weighted by Crippen LogP contribution is -3.08. The highest BCUT2D eigenvalue weighted by molar-refractivity contribution is 5.92. The Balaban J connectivity index is 1.56. The van der Waals surface area contributed by atoms with Crippen molar-refractivity contribution in [3.05, 3.63) is 53.1 Å². The van der Waals surface area contributed by atoms with Gasteiger partial charge in [-0.2, -0.15) is 0 Å². The number of anilines is 1. The van der Waals surface area contributed by atoms with Gasteiger partial charge >= 0.3 is 0 Å². The van der Waals surface area contributed by atoms with Crippen molar-refractivity contribution < 1.29 is 19.2 Å². The summed E-state index contributed by atoms with van der Waals surface area (Å²) in [7, 11) is 2.01. The number of amides is 1. The summed E-state index contributed by atoms with van der Waals surface area (Å²) in [5, 5.41) is 2.99. The summed E-state index contributed by atoms with van der Waals surface area (Å²) in [4.78, 5) is 13.4. The first-order chi connectivity index (χ1) is 11.5. The molecule has 24 heavy (non-hydrogen) atoms. The van der Waals surface area contributed by atoms with E-state index >= 15 is 0 Å². The molecule has 5 heteroatoms. The summed E-state index contributed by atoms with van der Waals surface area (Å²) < 4.78 is 10.7. The molecular formula is C19H23N2O3+. The van der Waals surface area contributed by atoms with Crippen LogP contribution in [0.5, 0.6) is 11.5 Å². The van der Waals surface area contributed by atoms with Gasteiger partial charge in [-0.1, -0.05) is 17.7 Å². The van der Waals surface area contributed by atoms with Gasteiger partial charge < -0.3 is 19.7 Å². The zero-order valence-electron chi connectivity index (χ0n) is 14.3. The monoisotopic (exact) mass is 327 g/mol. The fourth-order valence-electron chi connectivity index (χ4n) is 2.88. The van der Waals surface area contributed by atoms with E-state index in [9.17, 15) is 4.79 Å². The van der Waals surface area contributed by atoms with E-state index in [-0.39, 0.29) is 12.7 Å². The highest BCUT2D eigenvalue weighted by atomic mass is 16.7. The number of likely N-dealkylation sites (N-methyl/N-ethyl adjacent to an activating group) is 1. The van der Waals surface area contributed by atoms with Crippen molar-refractivity contribution in [1.29, 1.82) is 0 Å². The minimum atomic E-state index is 0.0141. The molecule has 0 aliphatic carbocycles. The molecule has 2 aromatic rings. The van der Waals surface area contributed by atoms with Crippen molar-refractivity contribution in [3.63, 3.8) is 0 Å². The molecule has 3 rings (SSSR count). The van der Waals surface area contributed by atoms with Gasteiger partial charge in [-0.3, -0.25) is 4.79 Å². The van der Waals surface area contributed by atoms with Crippen LogP contribution in [-0.2, 0) is 11.3 Å². The Labute approximate surface area is 142 Å². The Hall–Kier alpha value is -2.53. The molecule has 0 fully saturated rings. The predicted octanol–water partition coefficient (Wildman–Crippen LogP) is 1.69. The van der Waals surface area contributed by atoms with Crippen molar-refractivity contribution in [2.24, 2.45) is 0 Å². The van der Waals surface area contributed by atoms with E-state index in [1.165, 1.54) is 5.56 Å². The second kappa shape index (κ2) is 6.93. The fourth-order valence-corrected chi connectivity index (χ4v) is 2.88. The number of quaternary nitrogens is 1. The van der Waals surface area contributed by atoms with Crippen LogP contribution in [-0.4, -0.2) is 26.3 Å². The molecule has 0 aromatic heterocycles. The number of carbonyl (C=O) groups is 1. The molecule has 0 saturated heterocycles. The van der Waals surface area contributed by atoms with Crippen LogP contribution < -0.4 is 19.7 Å². The molecular weight excluding hydrogens is 304 g/mol. The third kappa shape index (κ3) is 3.86. The Kier molecular flexibility index (Phi) is 4.71. The summed E-state index contributed by atoms with van der Waals surface area (Å²) >= 11 is 0. The van der Waals surface area contributed by atoms with E-state index in [1.54, 1.807) is 0 Å². The minimum Gasteiger partial charge on any atom is -0.454 e. The third-order valence-corrected chi connectivity index (χ3v) is 4.06. The van der Waals surface area contributed by atoms with Gasteiger partial charge in [0.1, 0.15) is 6.54 Å². The molecule has 126 valence electrons. The summed E-state index contributed by atoms with van der Waals surface area (Å²) in [6.45, 7) is 5.48. The van der Waals surface area contributed by atoms with Gasteiger partial charge in [-0.05, 0) is 43.7 Å². The smallest absolute Gasteiger partial charge is 0.279 e. The molecule has 0 saturated carbocycles. The van der Waals surface area contributed by atoms with Crippen LogP contribution in [0.2, 0.25) is 0 Å². The standard InChI is InChI=1S/C19H22N2O3/c1-13-4-6-16(14(2)8-13)20-19(22)11-21(3)10-15-5-7-17-18(9-15)24-12-23-17/h4-9H,10-12H2,1-3H3,(H,20,22)/p+1. The molecule has 2 aromatic carbocycles. The highest BCUT2D eigenvalue weighted by Crippen LogP contribution is 2.32. The summed E-state index contributed by atoms with van der Waals surface area (Å²) in [5.74, 6) is 1.57.